The molecule has 2 aliphatic rings. The minimum atomic E-state index is -4.73. The molecule has 2 aliphatic heterocycles. The average molecular weight is 520 g/mol. The molecule has 1 fully saturated rings. The zero-order valence-electron chi connectivity index (χ0n) is 20.4. The number of primary amides is 1. The quantitative estimate of drug-likeness (QED) is 0.484. The number of nitrogens with two attached hydrogens (primary N) is 1. The van der Waals surface area contributed by atoms with Crippen molar-refractivity contribution >= 4 is 17.2 Å². The maximum atomic E-state index is 13.4. The highest BCUT2D eigenvalue weighted by molar-refractivity contribution is 6.06. The molecule has 2 aromatic heterocycles. The van der Waals surface area contributed by atoms with E-state index in [1.54, 1.807) is 31.3 Å². The molecule has 37 heavy (non-hydrogen) atoms. The Kier molecular flexibility index (Phi) is 5.87. The first-order valence-corrected chi connectivity index (χ1v) is 12.0. The van der Waals surface area contributed by atoms with Crippen molar-refractivity contribution in [1.29, 1.82) is 0 Å². The number of aromatic nitrogens is 3. The number of alkyl halides is 3. The predicted molar refractivity (Wildman–Crippen MR) is 128 cm³/mol. The number of carbonyl (C=O) groups is 1. The van der Waals surface area contributed by atoms with E-state index in [-0.39, 0.29) is 49.4 Å². The first kappa shape index (κ1) is 25.3. The van der Waals surface area contributed by atoms with E-state index in [1.807, 2.05) is 4.90 Å². The molecule has 0 aliphatic carbocycles. The SMILES string of the molecule is C[C@@]1(O)COc2cc(N3CCC([C@](C)(O)C(F)(F)F)CC3)c(-c3nn4cccnc4c3C(N)=O)cc2C1. The Morgan fingerprint density at radius 1 is 1.27 bits per heavy atom. The van der Waals surface area contributed by atoms with Gasteiger partial charge in [-0.1, -0.05) is 0 Å². The van der Waals surface area contributed by atoms with Gasteiger partial charge in [-0.15, -0.1) is 0 Å². The number of aliphatic hydroxyl groups is 2. The Morgan fingerprint density at radius 2 is 1.97 bits per heavy atom. The number of hydrogen-bond acceptors (Lipinski definition) is 7. The molecule has 1 aromatic carbocycles. The number of benzene rings is 1. The van der Waals surface area contributed by atoms with Crippen LogP contribution in [0.3, 0.4) is 0 Å². The number of fused-ring (bicyclic) bond motifs is 2. The summed E-state index contributed by atoms with van der Waals surface area (Å²) in [5.74, 6) is -1.15. The molecule has 1 saturated heterocycles. The summed E-state index contributed by atoms with van der Waals surface area (Å²) in [6.45, 7) is 3.03. The number of anilines is 1. The van der Waals surface area contributed by atoms with Gasteiger partial charge in [-0.25, -0.2) is 9.50 Å². The summed E-state index contributed by atoms with van der Waals surface area (Å²) in [5, 5.41) is 25.3. The molecule has 198 valence electrons. The zero-order chi connectivity index (χ0) is 26.8. The van der Waals surface area contributed by atoms with Gasteiger partial charge in [0.25, 0.3) is 5.91 Å². The molecule has 0 saturated carbocycles. The third-order valence-electron chi connectivity index (χ3n) is 7.39. The van der Waals surface area contributed by atoms with Gasteiger partial charge in [0.2, 0.25) is 0 Å². The summed E-state index contributed by atoms with van der Waals surface area (Å²) in [5.41, 5.74) is 4.34. The lowest BCUT2D eigenvalue weighted by Gasteiger charge is -2.41. The van der Waals surface area contributed by atoms with E-state index in [1.165, 1.54) is 10.7 Å². The van der Waals surface area contributed by atoms with Crippen LogP contribution in [0.5, 0.6) is 5.75 Å². The van der Waals surface area contributed by atoms with Crippen molar-refractivity contribution < 1.29 is 32.9 Å². The highest BCUT2D eigenvalue weighted by atomic mass is 19.4. The number of nitrogens with zero attached hydrogens (tertiary/aromatic N) is 4. The Labute approximate surface area is 210 Å². The van der Waals surface area contributed by atoms with E-state index in [0.29, 0.717) is 29.0 Å². The second kappa shape index (κ2) is 8.59. The summed E-state index contributed by atoms with van der Waals surface area (Å²) >= 11 is 0. The van der Waals surface area contributed by atoms with Crippen LogP contribution in [0, 0.1) is 5.92 Å². The van der Waals surface area contributed by atoms with E-state index in [9.17, 15) is 28.2 Å². The molecule has 0 spiro atoms. The standard InChI is InChI=1S/C25H28F3N5O4/c1-23(35)12-14-10-16(20-19(21(29)34)22-30-6-3-7-33(22)31-20)17(11-18(14)37-13-23)32-8-4-15(5-9-32)24(2,36)25(26,27)28/h3,6-7,10-11,15,35-36H,4-5,8-9,12-13H2,1-2H3,(H2,29,34)/t23-,24-/m0/s1. The zero-order valence-corrected chi connectivity index (χ0v) is 20.4. The first-order valence-electron chi connectivity index (χ1n) is 12.0. The van der Waals surface area contributed by atoms with Gasteiger partial charge in [-0.2, -0.15) is 18.3 Å². The largest absolute Gasteiger partial charge is 0.490 e. The molecular formula is C25H28F3N5O4. The lowest BCUT2D eigenvalue weighted by molar-refractivity contribution is -0.273. The van der Waals surface area contributed by atoms with Gasteiger partial charge in [0.05, 0.1) is 5.60 Å². The van der Waals surface area contributed by atoms with Gasteiger partial charge < -0.3 is 25.6 Å². The number of carbonyl (C=O) groups excluding carboxylic acids is 1. The number of piperidine rings is 1. The minimum absolute atomic E-state index is 0.0835. The number of ether oxygens (including phenoxy) is 1. The van der Waals surface area contributed by atoms with Crippen LogP contribution in [-0.2, 0) is 6.42 Å². The number of hydrogen-bond donors (Lipinski definition) is 3. The van der Waals surface area contributed by atoms with Crippen molar-refractivity contribution in [1.82, 2.24) is 14.6 Å². The van der Waals surface area contributed by atoms with E-state index in [0.717, 1.165) is 6.92 Å². The van der Waals surface area contributed by atoms with E-state index in [2.05, 4.69) is 10.1 Å². The molecule has 5 rings (SSSR count). The predicted octanol–water partition coefficient (Wildman–Crippen LogP) is 2.71. The van der Waals surface area contributed by atoms with Crippen LogP contribution in [0.2, 0.25) is 0 Å². The number of halogens is 3. The fourth-order valence-electron chi connectivity index (χ4n) is 5.25. The van der Waals surface area contributed by atoms with Crippen LogP contribution in [0.25, 0.3) is 16.9 Å². The van der Waals surface area contributed by atoms with Crippen molar-refractivity contribution in [2.75, 3.05) is 24.6 Å². The topological polar surface area (TPSA) is 126 Å². The van der Waals surface area contributed by atoms with Gasteiger partial charge >= 0.3 is 6.18 Å². The fourth-order valence-corrected chi connectivity index (χ4v) is 5.25. The van der Waals surface area contributed by atoms with Crippen molar-refractivity contribution in [2.24, 2.45) is 11.7 Å². The van der Waals surface area contributed by atoms with Crippen LogP contribution >= 0.6 is 0 Å². The summed E-state index contributed by atoms with van der Waals surface area (Å²) in [6.07, 6.45) is -1.08. The normalized spacial score (nSPS) is 22.4. The van der Waals surface area contributed by atoms with Gasteiger partial charge in [0.1, 0.15) is 23.6 Å². The number of amides is 1. The van der Waals surface area contributed by atoms with E-state index in [4.69, 9.17) is 10.5 Å². The molecule has 4 heterocycles. The van der Waals surface area contributed by atoms with Crippen LogP contribution in [-0.4, -0.2) is 67.8 Å². The van der Waals surface area contributed by atoms with Gasteiger partial charge in [-0.3, -0.25) is 4.79 Å². The lowest BCUT2D eigenvalue weighted by atomic mass is 9.81. The summed E-state index contributed by atoms with van der Waals surface area (Å²) in [6, 6.07) is 5.21. The summed E-state index contributed by atoms with van der Waals surface area (Å²) < 4.78 is 47.6. The Morgan fingerprint density at radius 3 is 2.62 bits per heavy atom. The lowest BCUT2D eigenvalue weighted by Crippen LogP contribution is -2.52. The third kappa shape index (κ3) is 4.37. The highest BCUT2D eigenvalue weighted by Crippen LogP contribution is 2.45. The minimum Gasteiger partial charge on any atom is -0.490 e. The molecule has 1 amide bonds. The Bertz CT molecular complexity index is 1360. The molecule has 12 heteroatoms. The van der Waals surface area contributed by atoms with E-state index >= 15 is 0 Å². The molecule has 0 unspecified atom stereocenters. The molecule has 3 aromatic rings. The van der Waals surface area contributed by atoms with E-state index < -0.39 is 29.2 Å². The summed E-state index contributed by atoms with van der Waals surface area (Å²) in [7, 11) is 0. The van der Waals surface area contributed by atoms with Gasteiger partial charge in [-0.05, 0) is 50.3 Å². The molecular weight excluding hydrogens is 491 g/mol. The molecule has 4 N–H and O–H groups in total. The maximum absolute atomic E-state index is 13.4. The van der Waals surface area contributed by atoms with Gasteiger partial charge in [0.15, 0.2) is 11.2 Å². The molecule has 9 nitrogen and oxygen atoms in total. The van der Waals surface area contributed by atoms with Gasteiger partial charge in [0, 0.05) is 49.2 Å². The molecule has 0 radical (unpaired) electrons. The smallest absolute Gasteiger partial charge is 0.417 e. The Hall–Kier alpha value is -3.38. The van der Waals surface area contributed by atoms with Crippen LogP contribution in [0.15, 0.2) is 30.6 Å². The highest BCUT2D eigenvalue weighted by Gasteiger charge is 2.55. The second-order valence-electron chi connectivity index (χ2n) is 10.3. The second-order valence-corrected chi connectivity index (χ2v) is 10.3. The summed E-state index contributed by atoms with van der Waals surface area (Å²) in [4.78, 5) is 18.7. The average Bonchev–Trinajstić information content (AvgIpc) is 3.22. The first-order chi connectivity index (χ1) is 17.3. The van der Waals surface area contributed by atoms with Crippen molar-refractivity contribution in [3.63, 3.8) is 0 Å². The maximum Gasteiger partial charge on any atom is 0.417 e. The third-order valence-corrected chi connectivity index (χ3v) is 7.39. The number of rotatable bonds is 4. The van der Waals surface area contributed by atoms with Crippen molar-refractivity contribution in [3.8, 4) is 17.0 Å². The van der Waals surface area contributed by atoms with Crippen molar-refractivity contribution in [3.05, 3.63) is 41.7 Å². The van der Waals surface area contributed by atoms with Crippen LogP contribution in [0.1, 0.15) is 42.6 Å². The Balaban J connectivity index is 1.60. The molecule has 2 atom stereocenters. The van der Waals surface area contributed by atoms with Crippen LogP contribution in [0.4, 0.5) is 18.9 Å². The van der Waals surface area contributed by atoms with Crippen LogP contribution < -0.4 is 15.4 Å². The fraction of sp³-hybridized carbons (Fsp3) is 0.480. The van der Waals surface area contributed by atoms with Crippen molar-refractivity contribution in [2.45, 2.75) is 50.5 Å². The monoisotopic (exact) mass is 519 g/mol. The molecule has 0 bridgehead atoms.